The van der Waals surface area contributed by atoms with E-state index in [4.69, 9.17) is 14.5 Å². The smallest absolute Gasteiger partial charge is 0.410 e. The van der Waals surface area contributed by atoms with Gasteiger partial charge in [-0.3, -0.25) is 0 Å². The Balaban J connectivity index is 1.24. The summed E-state index contributed by atoms with van der Waals surface area (Å²) in [6.45, 7) is 4.93. The third kappa shape index (κ3) is 3.80. The number of carbonyl (C=O) groups excluding carboxylic acids is 1. The summed E-state index contributed by atoms with van der Waals surface area (Å²) >= 11 is 0. The molecule has 29 heavy (non-hydrogen) atoms. The molecule has 2 fully saturated rings. The van der Waals surface area contributed by atoms with E-state index in [9.17, 15) is 4.79 Å². The number of rotatable bonds is 3. The van der Waals surface area contributed by atoms with E-state index in [2.05, 4.69) is 22.3 Å². The molecule has 152 valence electrons. The first kappa shape index (κ1) is 18.4. The van der Waals surface area contributed by atoms with Crippen molar-refractivity contribution in [2.45, 2.75) is 31.7 Å². The molecule has 1 aromatic carbocycles. The van der Waals surface area contributed by atoms with Gasteiger partial charge in [-0.1, -0.05) is 36.4 Å². The Morgan fingerprint density at radius 3 is 2.97 bits per heavy atom. The number of ether oxygens (including phenoxy) is 2. The van der Waals surface area contributed by atoms with Crippen molar-refractivity contribution in [3.05, 3.63) is 59.3 Å². The molecule has 3 aliphatic heterocycles. The van der Waals surface area contributed by atoms with Crippen LogP contribution in [0.15, 0.2) is 42.5 Å². The number of carbonyl (C=O) groups is 1. The van der Waals surface area contributed by atoms with Gasteiger partial charge in [0.1, 0.15) is 12.4 Å². The first-order chi connectivity index (χ1) is 14.3. The molecule has 1 aromatic heterocycles. The van der Waals surface area contributed by atoms with Crippen molar-refractivity contribution in [1.29, 1.82) is 0 Å². The third-order valence-corrected chi connectivity index (χ3v) is 5.98. The number of amides is 1. The lowest BCUT2D eigenvalue weighted by atomic mass is 10.1. The van der Waals surface area contributed by atoms with Crippen LogP contribution in [0.3, 0.4) is 0 Å². The fraction of sp³-hybridized carbons (Fsp3) is 0.455. The van der Waals surface area contributed by atoms with Crippen LogP contribution in [0, 0.1) is 0 Å². The second-order valence-corrected chi connectivity index (χ2v) is 7.82. The van der Waals surface area contributed by atoms with Crippen LogP contribution in [0.2, 0.25) is 0 Å². The third-order valence-electron chi connectivity index (χ3n) is 5.98. The molecule has 7 nitrogen and oxygen atoms in total. The number of hydrogen-bond acceptors (Lipinski definition) is 6. The molecule has 2 atom stereocenters. The van der Waals surface area contributed by atoms with Crippen LogP contribution in [0.5, 0.6) is 0 Å². The predicted octanol–water partition coefficient (Wildman–Crippen LogP) is 1.95. The zero-order chi connectivity index (χ0) is 19.6. The zero-order valence-electron chi connectivity index (χ0n) is 16.4. The van der Waals surface area contributed by atoms with Gasteiger partial charge >= 0.3 is 6.09 Å². The number of hydrogen-bond donors (Lipinski definition) is 1. The zero-order valence-corrected chi connectivity index (χ0v) is 16.4. The van der Waals surface area contributed by atoms with Crippen molar-refractivity contribution in [1.82, 2.24) is 15.2 Å². The summed E-state index contributed by atoms with van der Waals surface area (Å²) in [6, 6.07) is 14.3. The van der Waals surface area contributed by atoms with Crippen LogP contribution in [0.25, 0.3) is 0 Å². The highest BCUT2D eigenvalue weighted by molar-refractivity contribution is 5.68. The van der Waals surface area contributed by atoms with E-state index in [0.717, 1.165) is 55.3 Å². The molecule has 2 saturated heterocycles. The SMILES string of the molecule is O=C(OCc1ccccc1)N1CCc2nc(N3CCO[C@@H]4CNCC43)ccc2C1. The van der Waals surface area contributed by atoms with E-state index in [1.807, 2.05) is 30.3 Å². The topological polar surface area (TPSA) is 66.9 Å². The predicted molar refractivity (Wildman–Crippen MR) is 109 cm³/mol. The van der Waals surface area contributed by atoms with Crippen LogP contribution in [0.4, 0.5) is 10.6 Å². The summed E-state index contributed by atoms with van der Waals surface area (Å²) in [5, 5.41) is 3.42. The van der Waals surface area contributed by atoms with Crippen molar-refractivity contribution in [2.24, 2.45) is 0 Å². The molecular weight excluding hydrogens is 368 g/mol. The number of nitrogens with one attached hydrogen (secondary N) is 1. The Hall–Kier alpha value is -2.64. The molecule has 2 aromatic rings. The molecule has 0 radical (unpaired) electrons. The second-order valence-electron chi connectivity index (χ2n) is 7.82. The Labute approximate surface area is 170 Å². The van der Waals surface area contributed by atoms with Gasteiger partial charge in [-0.05, 0) is 17.2 Å². The van der Waals surface area contributed by atoms with Crippen molar-refractivity contribution in [3.8, 4) is 0 Å². The molecule has 1 N–H and O–H groups in total. The average Bonchev–Trinajstić information content (AvgIpc) is 3.26. The number of fused-ring (bicyclic) bond motifs is 2. The summed E-state index contributed by atoms with van der Waals surface area (Å²) in [6.07, 6.45) is 0.730. The van der Waals surface area contributed by atoms with Gasteiger partial charge in [0, 0.05) is 38.3 Å². The monoisotopic (exact) mass is 394 g/mol. The largest absolute Gasteiger partial charge is 0.445 e. The van der Waals surface area contributed by atoms with Crippen LogP contribution in [-0.4, -0.2) is 60.9 Å². The van der Waals surface area contributed by atoms with Gasteiger partial charge in [0.2, 0.25) is 0 Å². The fourth-order valence-corrected chi connectivity index (χ4v) is 4.41. The molecule has 1 amide bonds. The number of benzene rings is 1. The van der Waals surface area contributed by atoms with Crippen LogP contribution < -0.4 is 10.2 Å². The molecule has 1 unspecified atom stereocenters. The Morgan fingerprint density at radius 1 is 1.17 bits per heavy atom. The summed E-state index contributed by atoms with van der Waals surface area (Å²) < 4.78 is 11.4. The van der Waals surface area contributed by atoms with E-state index >= 15 is 0 Å². The normalized spacial score (nSPS) is 23.4. The van der Waals surface area contributed by atoms with Gasteiger partial charge < -0.3 is 24.6 Å². The minimum Gasteiger partial charge on any atom is -0.445 e. The summed E-state index contributed by atoms with van der Waals surface area (Å²) in [5.41, 5.74) is 3.18. The van der Waals surface area contributed by atoms with Gasteiger partial charge in [0.05, 0.1) is 25.3 Å². The Bertz CT molecular complexity index is 876. The molecule has 0 spiro atoms. The second kappa shape index (κ2) is 8.00. The molecule has 4 heterocycles. The maximum atomic E-state index is 12.5. The van der Waals surface area contributed by atoms with Crippen molar-refractivity contribution in [3.63, 3.8) is 0 Å². The molecule has 3 aliphatic rings. The Kier molecular flexibility index (Phi) is 5.08. The van der Waals surface area contributed by atoms with E-state index in [-0.39, 0.29) is 12.2 Å². The van der Waals surface area contributed by atoms with Crippen LogP contribution in [-0.2, 0) is 29.0 Å². The van der Waals surface area contributed by atoms with Crippen molar-refractivity contribution < 1.29 is 14.3 Å². The van der Waals surface area contributed by atoms with E-state index < -0.39 is 0 Å². The number of morpholine rings is 1. The summed E-state index contributed by atoms with van der Waals surface area (Å²) in [7, 11) is 0. The molecule has 7 heteroatoms. The minimum atomic E-state index is -0.267. The summed E-state index contributed by atoms with van der Waals surface area (Å²) in [5.74, 6) is 1.02. The van der Waals surface area contributed by atoms with E-state index in [1.165, 1.54) is 0 Å². The van der Waals surface area contributed by atoms with E-state index in [1.54, 1.807) is 4.90 Å². The maximum Gasteiger partial charge on any atom is 0.410 e. The van der Waals surface area contributed by atoms with Crippen LogP contribution >= 0.6 is 0 Å². The van der Waals surface area contributed by atoms with Gasteiger partial charge in [-0.2, -0.15) is 0 Å². The Morgan fingerprint density at radius 2 is 2.07 bits per heavy atom. The molecular formula is C22H26N4O3. The van der Waals surface area contributed by atoms with Crippen molar-refractivity contribution >= 4 is 11.9 Å². The maximum absolute atomic E-state index is 12.5. The highest BCUT2D eigenvalue weighted by Gasteiger charge is 2.37. The summed E-state index contributed by atoms with van der Waals surface area (Å²) in [4.78, 5) is 21.6. The number of aromatic nitrogens is 1. The molecule has 5 rings (SSSR count). The standard InChI is InChI=1S/C22H26N4O3/c27-22(29-15-16-4-2-1-3-5-16)25-9-8-18-17(14-25)6-7-21(24-18)26-10-11-28-20-13-23-12-19(20)26/h1-7,19-20,23H,8-15H2/t19?,20-/m1/s1. The van der Waals surface area contributed by atoms with Gasteiger partial charge in [0.25, 0.3) is 0 Å². The van der Waals surface area contributed by atoms with Gasteiger partial charge in [-0.25, -0.2) is 9.78 Å². The number of nitrogens with zero attached hydrogens (tertiary/aromatic N) is 3. The molecule has 0 saturated carbocycles. The van der Waals surface area contributed by atoms with Gasteiger partial charge in [-0.15, -0.1) is 0 Å². The highest BCUT2D eigenvalue weighted by Crippen LogP contribution is 2.27. The first-order valence-electron chi connectivity index (χ1n) is 10.3. The first-order valence-corrected chi connectivity index (χ1v) is 10.3. The van der Waals surface area contributed by atoms with E-state index in [0.29, 0.717) is 25.7 Å². The quantitative estimate of drug-likeness (QED) is 0.859. The lowest BCUT2D eigenvalue weighted by molar-refractivity contribution is 0.0346. The number of anilines is 1. The number of pyridine rings is 1. The van der Waals surface area contributed by atoms with Crippen LogP contribution in [0.1, 0.15) is 16.8 Å². The minimum absolute atomic E-state index is 0.247. The fourth-order valence-electron chi connectivity index (χ4n) is 4.41. The lowest BCUT2D eigenvalue weighted by Gasteiger charge is -2.38. The van der Waals surface area contributed by atoms with Gasteiger partial charge in [0.15, 0.2) is 0 Å². The molecule has 0 bridgehead atoms. The van der Waals surface area contributed by atoms with Crippen molar-refractivity contribution in [2.75, 3.05) is 37.7 Å². The average molecular weight is 394 g/mol. The highest BCUT2D eigenvalue weighted by atomic mass is 16.6. The lowest BCUT2D eigenvalue weighted by Crippen LogP contribution is -2.51. The molecule has 0 aliphatic carbocycles.